The van der Waals surface area contributed by atoms with Crippen LogP contribution in [0.4, 0.5) is 5.13 Å². The van der Waals surface area contributed by atoms with Crippen molar-refractivity contribution < 1.29 is 19.1 Å². The van der Waals surface area contributed by atoms with Crippen LogP contribution in [0.2, 0.25) is 0 Å². The Bertz CT molecular complexity index is 1040. The molecular formula is C20H17N3O4S. The van der Waals surface area contributed by atoms with Crippen LogP contribution in [-0.4, -0.2) is 27.0 Å². The minimum absolute atomic E-state index is 0.0348. The second kappa shape index (κ2) is 7.05. The van der Waals surface area contributed by atoms with Gasteiger partial charge in [-0.3, -0.25) is 14.5 Å². The molecule has 1 atom stereocenters. The average molecular weight is 395 g/mol. The quantitative estimate of drug-likeness (QED) is 0.655. The van der Waals surface area contributed by atoms with Crippen molar-refractivity contribution in [2.75, 3.05) is 4.90 Å². The van der Waals surface area contributed by atoms with Gasteiger partial charge in [0.05, 0.1) is 17.9 Å². The fourth-order valence-corrected chi connectivity index (χ4v) is 3.81. The summed E-state index contributed by atoms with van der Waals surface area (Å²) in [5.41, 5.74) is 3.27. The van der Waals surface area contributed by atoms with E-state index in [4.69, 9.17) is 4.42 Å². The van der Waals surface area contributed by atoms with Gasteiger partial charge in [-0.2, -0.15) is 0 Å². The smallest absolute Gasteiger partial charge is 0.296 e. The average Bonchev–Trinajstić information content (AvgIpc) is 3.43. The highest BCUT2D eigenvalue weighted by Crippen LogP contribution is 2.42. The molecule has 0 saturated heterocycles. The lowest BCUT2D eigenvalue weighted by atomic mass is 9.93. The van der Waals surface area contributed by atoms with Crippen molar-refractivity contribution in [3.05, 3.63) is 76.4 Å². The molecule has 3 heterocycles. The molecule has 0 bridgehead atoms. The number of ketones is 1. The Morgan fingerprint density at radius 2 is 2.00 bits per heavy atom. The molecular weight excluding hydrogens is 378 g/mol. The summed E-state index contributed by atoms with van der Waals surface area (Å²) in [4.78, 5) is 27.1. The van der Waals surface area contributed by atoms with Crippen LogP contribution in [0.15, 0.2) is 63.9 Å². The van der Waals surface area contributed by atoms with E-state index in [9.17, 15) is 14.7 Å². The number of aliphatic hydroxyl groups excluding tert-OH is 1. The third-order valence-electron chi connectivity index (χ3n) is 4.67. The van der Waals surface area contributed by atoms with E-state index in [1.54, 1.807) is 6.07 Å². The Morgan fingerprint density at radius 1 is 1.25 bits per heavy atom. The maximum Gasteiger partial charge on any atom is 0.296 e. The summed E-state index contributed by atoms with van der Waals surface area (Å²) < 4.78 is 5.20. The first kappa shape index (κ1) is 18.1. The van der Waals surface area contributed by atoms with Crippen molar-refractivity contribution in [1.82, 2.24) is 10.2 Å². The molecule has 28 heavy (non-hydrogen) atoms. The summed E-state index contributed by atoms with van der Waals surface area (Å²) in [5.74, 6) is -1.44. The highest BCUT2D eigenvalue weighted by molar-refractivity contribution is 7.13. The zero-order valence-corrected chi connectivity index (χ0v) is 16.0. The first-order chi connectivity index (χ1) is 13.5. The van der Waals surface area contributed by atoms with Gasteiger partial charge in [-0.05, 0) is 29.2 Å². The fraction of sp³-hybridized carbons (Fsp3) is 0.200. The fourth-order valence-electron chi connectivity index (χ4n) is 3.23. The molecule has 8 heteroatoms. The number of hydrogen-bond acceptors (Lipinski definition) is 7. The van der Waals surface area contributed by atoms with Crippen molar-refractivity contribution in [2.24, 2.45) is 0 Å². The first-order valence-electron chi connectivity index (χ1n) is 8.70. The van der Waals surface area contributed by atoms with Crippen LogP contribution in [0, 0.1) is 0 Å². The second-order valence-electron chi connectivity index (χ2n) is 6.69. The largest absolute Gasteiger partial charge is 0.503 e. The van der Waals surface area contributed by atoms with E-state index >= 15 is 0 Å². The number of aliphatic hydroxyl groups is 1. The molecule has 0 saturated carbocycles. The summed E-state index contributed by atoms with van der Waals surface area (Å²) in [7, 11) is 0. The summed E-state index contributed by atoms with van der Waals surface area (Å²) in [6, 6.07) is 9.88. The van der Waals surface area contributed by atoms with E-state index in [0.29, 0.717) is 16.6 Å². The number of furan rings is 1. The van der Waals surface area contributed by atoms with Crippen molar-refractivity contribution in [3.63, 3.8) is 0 Å². The minimum atomic E-state index is -0.820. The molecule has 1 unspecified atom stereocenters. The van der Waals surface area contributed by atoms with Crippen molar-refractivity contribution in [2.45, 2.75) is 25.8 Å². The SMILES string of the molecule is CC(C)c1ccc(C2C(C(=O)c3ccco3)=C(O)C(=O)N2c2nncs2)cc1. The van der Waals surface area contributed by atoms with Crippen molar-refractivity contribution >= 4 is 28.2 Å². The molecule has 1 aliphatic rings. The number of carbonyl (C=O) groups excluding carboxylic acids is 2. The van der Waals surface area contributed by atoms with E-state index < -0.39 is 23.5 Å². The zero-order chi connectivity index (χ0) is 19.8. The Morgan fingerprint density at radius 3 is 2.57 bits per heavy atom. The molecule has 4 rings (SSSR count). The van der Waals surface area contributed by atoms with Crippen LogP contribution >= 0.6 is 11.3 Å². The van der Waals surface area contributed by atoms with Gasteiger partial charge in [0.25, 0.3) is 5.91 Å². The number of nitrogens with zero attached hydrogens (tertiary/aromatic N) is 3. The lowest BCUT2D eigenvalue weighted by molar-refractivity contribution is -0.117. The molecule has 0 spiro atoms. The number of amides is 1. The van der Waals surface area contributed by atoms with E-state index in [-0.39, 0.29) is 11.3 Å². The maximum atomic E-state index is 13.0. The lowest BCUT2D eigenvalue weighted by Crippen LogP contribution is -2.31. The molecule has 1 aromatic carbocycles. The van der Waals surface area contributed by atoms with Crippen LogP contribution in [0.25, 0.3) is 0 Å². The van der Waals surface area contributed by atoms with Gasteiger partial charge in [-0.15, -0.1) is 10.2 Å². The number of rotatable bonds is 5. The van der Waals surface area contributed by atoms with Crippen LogP contribution in [0.1, 0.15) is 47.5 Å². The lowest BCUT2D eigenvalue weighted by Gasteiger charge is -2.24. The first-order valence-corrected chi connectivity index (χ1v) is 9.58. The van der Waals surface area contributed by atoms with Crippen LogP contribution in [0.3, 0.4) is 0 Å². The van der Waals surface area contributed by atoms with Gasteiger partial charge >= 0.3 is 0 Å². The van der Waals surface area contributed by atoms with E-state index in [1.807, 2.05) is 24.3 Å². The molecule has 1 aliphatic heterocycles. The van der Waals surface area contributed by atoms with E-state index in [0.717, 1.165) is 16.9 Å². The molecule has 1 amide bonds. The Balaban J connectivity index is 1.85. The molecule has 7 nitrogen and oxygen atoms in total. The van der Waals surface area contributed by atoms with E-state index in [1.165, 1.54) is 22.7 Å². The van der Waals surface area contributed by atoms with Crippen molar-refractivity contribution in [3.8, 4) is 0 Å². The summed E-state index contributed by atoms with van der Waals surface area (Å²) in [6.45, 7) is 4.17. The molecule has 142 valence electrons. The third kappa shape index (κ3) is 2.91. The highest BCUT2D eigenvalue weighted by Gasteiger charge is 2.46. The van der Waals surface area contributed by atoms with Gasteiger partial charge < -0.3 is 9.52 Å². The van der Waals surface area contributed by atoms with Gasteiger partial charge in [0.15, 0.2) is 11.5 Å². The zero-order valence-electron chi connectivity index (χ0n) is 15.2. The topological polar surface area (TPSA) is 96.5 Å². The van der Waals surface area contributed by atoms with Crippen molar-refractivity contribution in [1.29, 1.82) is 0 Å². The Kier molecular flexibility index (Phi) is 4.56. The number of hydrogen-bond donors (Lipinski definition) is 1. The summed E-state index contributed by atoms with van der Waals surface area (Å²) in [6.07, 6.45) is 1.37. The monoisotopic (exact) mass is 395 g/mol. The predicted octanol–water partition coefficient (Wildman–Crippen LogP) is 4.04. The standard InChI is InChI=1S/C20H17N3O4S/c1-11(2)12-5-7-13(8-6-12)16-15(17(24)14-4-3-9-27-14)18(25)19(26)23(16)20-22-21-10-28-20/h3-11,16,25H,1-2H3. The highest BCUT2D eigenvalue weighted by atomic mass is 32.1. The minimum Gasteiger partial charge on any atom is -0.503 e. The molecule has 2 aromatic heterocycles. The van der Waals surface area contributed by atoms with Gasteiger partial charge in [0, 0.05) is 0 Å². The molecule has 0 aliphatic carbocycles. The third-order valence-corrected chi connectivity index (χ3v) is 5.36. The number of carbonyl (C=O) groups is 2. The van der Waals surface area contributed by atoms with Crippen LogP contribution in [-0.2, 0) is 4.79 Å². The number of aromatic nitrogens is 2. The Hall–Kier alpha value is -3.26. The number of anilines is 1. The normalized spacial score (nSPS) is 17.0. The number of Topliss-reactive ketones (excluding diaryl/α,β-unsaturated/α-hetero) is 1. The second-order valence-corrected chi connectivity index (χ2v) is 7.50. The molecule has 1 N–H and O–H groups in total. The predicted molar refractivity (Wildman–Crippen MR) is 103 cm³/mol. The van der Waals surface area contributed by atoms with Gasteiger partial charge in [-0.1, -0.05) is 49.4 Å². The summed E-state index contributed by atoms with van der Waals surface area (Å²) in [5, 5.41) is 18.6. The molecule has 0 radical (unpaired) electrons. The maximum absolute atomic E-state index is 13.0. The van der Waals surface area contributed by atoms with Gasteiger partial charge in [0.1, 0.15) is 5.51 Å². The van der Waals surface area contributed by atoms with E-state index in [2.05, 4.69) is 24.0 Å². The Labute approximate surface area is 164 Å². The van der Waals surface area contributed by atoms with Crippen LogP contribution in [0.5, 0.6) is 0 Å². The number of benzene rings is 1. The summed E-state index contributed by atoms with van der Waals surface area (Å²) >= 11 is 1.15. The van der Waals surface area contributed by atoms with Crippen LogP contribution < -0.4 is 4.90 Å². The molecule has 0 fully saturated rings. The van der Waals surface area contributed by atoms with Gasteiger partial charge in [0.2, 0.25) is 10.9 Å². The van der Waals surface area contributed by atoms with Gasteiger partial charge in [-0.25, -0.2) is 0 Å². The molecule has 3 aromatic rings.